The van der Waals surface area contributed by atoms with E-state index in [0.717, 1.165) is 5.69 Å². The van der Waals surface area contributed by atoms with Gasteiger partial charge in [-0.15, -0.1) is 10.2 Å². The minimum atomic E-state index is -0.453. The summed E-state index contributed by atoms with van der Waals surface area (Å²) in [6, 6.07) is 6.99. The number of amides is 1. The Morgan fingerprint density at radius 3 is 2.19 bits per heavy atom. The van der Waals surface area contributed by atoms with Crippen LogP contribution in [0.25, 0.3) is 5.69 Å². The lowest BCUT2D eigenvalue weighted by molar-refractivity contribution is -0.125. The van der Waals surface area contributed by atoms with Crippen LogP contribution in [0.2, 0.25) is 0 Å². The highest BCUT2D eigenvalue weighted by atomic mass is 16.2. The summed E-state index contributed by atoms with van der Waals surface area (Å²) in [5.74, 6) is -0.264. The molecule has 0 aliphatic rings. The van der Waals surface area contributed by atoms with Gasteiger partial charge in [0.1, 0.15) is 12.7 Å². The fraction of sp³-hybridized carbons (Fsp3) is 0.333. The van der Waals surface area contributed by atoms with Gasteiger partial charge in [-0.2, -0.15) is 0 Å². The van der Waals surface area contributed by atoms with E-state index in [4.69, 9.17) is 0 Å². The van der Waals surface area contributed by atoms with Crippen molar-refractivity contribution in [1.82, 2.24) is 20.1 Å². The van der Waals surface area contributed by atoms with Gasteiger partial charge in [0, 0.05) is 16.7 Å². The van der Waals surface area contributed by atoms with Gasteiger partial charge in [-0.05, 0) is 24.3 Å². The highest BCUT2D eigenvalue weighted by Gasteiger charge is 2.21. The topological polar surface area (TPSA) is 76.9 Å². The number of Topliss-reactive ketones (excluding diaryl/α,β-unsaturated/α-hetero) is 1. The first-order chi connectivity index (χ1) is 9.88. The number of carbonyl (C=O) groups excluding carboxylic acids is 2. The molecule has 1 aromatic carbocycles. The van der Waals surface area contributed by atoms with Crippen LogP contribution in [0, 0.1) is 5.41 Å². The Morgan fingerprint density at radius 1 is 1.10 bits per heavy atom. The molecule has 6 heteroatoms. The van der Waals surface area contributed by atoms with Gasteiger partial charge in [-0.25, -0.2) is 0 Å². The van der Waals surface area contributed by atoms with Crippen LogP contribution in [0.4, 0.5) is 0 Å². The van der Waals surface area contributed by atoms with Crippen molar-refractivity contribution in [2.75, 3.05) is 6.54 Å². The number of hydrogen-bond acceptors (Lipinski definition) is 4. The molecule has 0 atom stereocenters. The SMILES string of the molecule is CC(C)(C)C(=O)CNC(=O)c1ccc(-n2cnnc2)cc1. The molecule has 1 aromatic heterocycles. The molecule has 0 bridgehead atoms. The van der Waals surface area contributed by atoms with E-state index in [0.29, 0.717) is 5.56 Å². The number of hydrogen-bond donors (Lipinski definition) is 1. The second-order valence-electron chi connectivity index (χ2n) is 5.77. The largest absolute Gasteiger partial charge is 0.345 e. The molecule has 1 amide bonds. The van der Waals surface area contributed by atoms with Crippen molar-refractivity contribution in [1.29, 1.82) is 0 Å². The van der Waals surface area contributed by atoms with Crippen molar-refractivity contribution < 1.29 is 9.59 Å². The van der Waals surface area contributed by atoms with Gasteiger partial charge in [0.25, 0.3) is 5.91 Å². The lowest BCUT2D eigenvalue weighted by atomic mass is 9.91. The monoisotopic (exact) mass is 286 g/mol. The fourth-order valence-corrected chi connectivity index (χ4v) is 1.65. The Labute approximate surface area is 123 Å². The lowest BCUT2D eigenvalue weighted by Crippen LogP contribution is -2.35. The predicted molar refractivity (Wildman–Crippen MR) is 78.2 cm³/mol. The van der Waals surface area contributed by atoms with E-state index in [-0.39, 0.29) is 18.2 Å². The van der Waals surface area contributed by atoms with Crippen molar-refractivity contribution in [2.45, 2.75) is 20.8 Å². The van der Waals surface area contributed by atoms with Crippen molar-refractivity contribution >= 4 is 11.7 Å². The number of rotatable bonds is 4. The van der Waals surface area contributed by atoms with Crippen LogP contribution in [0.1, 0.15) is 31.1 Å². The third kappa shape index (κ3) is 3.75. The van der Waals surface area contributed by atoms with Crippen molar-refractivity contribution in [3.05, 3.63) is 42.5 Å². The molecule has 0 unspecified atom stereocenters. The van der Waals surface area contributed by atoms with Crippen LogP contribution in [-0.2, 0) is 4.79 Å². The molecule has 0 saturated heterocycles. The zero-order valence-corrected chi connectivity index (χ0v) is 12.3. The van der Waals surface area contributed by atoms with E-state index in [9.17, 15) is 9.59 Å². The third-order valence-corrected chi connectivity index (χ3v) is 3.09. The molecule has 0 aliphatic heterocycles. The Balaban J connectivity index is 1.99. The molecule has 21 heavy (non-hydrogen) atoms. The minimum absolute atomic E-state index is 0.00281. The maximum atomic E-state index is 12.0. The summed E-state index contributed by atoms with van der Waals surface area (Å²) in [7, 11) is 0. The molecule has 6 nitrogen and oxygen atoms in total. The molecule has 2 rings (SSSR count). The Hall–Kier alpha value is -2.50. The molecule has 110 valence electrons. The molecule has 0 saturated carbocycles. The Morgan fingerprint density at radius 2 is 1.67 bits per heavy atom. The molecule has 2 aromatic rings. The maximum absolute atomic E-state index is 12.0. The number of benzene rings is 1. The lowest BCUT2D eigenvalue weighted by Gasteiger charge is -2.16. The van der Waals surface area contributed by atoms with E-state index < -0.39 is 5.41 Å². The minimum Gasteiger partial charge on any atom is -0.345 e. The van der Waals surface area contributed by atoms with Gasteiger partial charge < -0.3 is 5.32 Å². The first-order valence-electron chi connectivity index (χ1n) is 6.64. The van der Waals surface area contributed by atoms with E-state index >= 15 is 0 Å². The smallest absolute Gasteiger partial charge is 0.251 e. The van der Waals surface area contributed by atoms with Crippen LogP contribution >= 0.6 is 0 Å². The normalized spacial score (nSPS) is 11.2. The molecule has 1 heterocycles. The average molecular weight is 286 g/mol. The Bertz CT molecular complexity index is 625. The van der Waals surface area contributed by atoms with E-state index in [2.05, 4.69) is 15.5 Å². The van der Waals surface area contributed by atoms with Crippen molar-refractivity contribution in [3.63, 3.8) is 0 Å². The summed E-state index contributed by atoms with van der Waals surface area (Å²) < 4.78 is 1.74. The average Bonchev–Trinajstić information content (AvgIpc) is 2.97. The molecule has 1 N–H and O–H groups in total. The van der Waals surface area contributed by atoms with Gasteiger partial charge in [-0.3, -0.25) is 14.2 Å². The molecule has 0 spiro atoms. The molecule has 0 radical (unpaired) electrons. The zero-order chi connectivity index (χ0) is 15.5. The fourth-order valence-electron chi connectivity index (χ4n) is 1.65. The number of ketones is 1. The number of carbonyl (C=O) groups is 2. The molecular weight excluding hydrogens is 268 g/mol. The summed E-state index contributed by atoms with van der Waals surface area (Å²) in [6.07, 6.45) is 3.16. The van der Waals surface area contributed by atoms with Crippen LogP contribution in [-0.4, -0.2) is 33.0 Å². The van der Waals surface area contributed by atoms with E-state index in [1.807, 2.05) is 20.8 Å². The van der Waals surface area contributed by atoms with Crippen LogP contribution < -0.4 is 5.32 Å². The Kier molecular flexibility index (Phi) is 4.16. The van der Waals surface area contributed by atoms with Gasteiger partial charge in [-0.1, -0.05) is 20.8 Å². The summed E-state index contributed by atoms with van der Waals surface area (Å²) in [6.45, 7) is 5.52. The summed E-state index contributed by atoms with van der Waals surface area (Å²) >= 11 is 0. The highest BCUT2D eigenvalue weighted by Crippen LogP contribution is 2.14. The van der Waals surface area contributed by atoms with Gasteiger partial charge in [0.05, 0.1) is 6.54 Å². The summed E-state index contributed by atoms with van der Waals surface area (Å²) in [4.78, 5) is 23.8. The standard InChI is InChI=1S/C15H18N4O2/c1-15(2,3)13(20)8-16-14(21)11-4-6-12(7-5-11)19-9-17-18-10-19/h4-7,9-10H,8H2,1-3H3,(H,16,21). The molecule has 0 aliphatic carbocycles. The second-order valence-corrected chi connectivity index (χ2v) is 5.77. The van der Waals surface area contributed by atoms with Crippen molar-refractivity contribution in [2.24, 2.45) is 5.41 Å². The first kappa shape index (κ1) is 14.9. The van der Waals surface area contributed by atoms with E-state index in [1.54, 1.807) is 41.5 Å². The summed E-state index contributed by atoms with van der Waals surface area (Å²) in [5, 5.41) is 10.1. The predicted octanol–water partition coefficient (Wildman–Crippen LogP) is 1.61. The van der Waals surface area contributed by atoms with Crippen molar-refractivity contribution in [3.8, 4) is 5.69 Å². The second kappa shape index (κ2) is 5.87. The van der Waals surface area contributed by atoms with Gasteiger partial charge in [0.15, 0.2) is 5.78 Å². The van der Waals surface area contributed by atoms with E-state index in [1.165, 1.54) is 0 Å². The maximum Gasteiger partial charge on any atom is 0.251 e. The number of aromatic nitrogens is 3. The highest BCUT2D eigenvalue weighted by molar-refractivity contribution is 5.97. The van der Waals surface area contributed by atoms with Gasteiger partial charge >= 0.3 is 0 Å². The number of nitrogens with one attached hydrogen (secondary N) is 1. The molecule has 0 fully saturated rings. The quantitative estimate of drug-likeness (QED) is 0.926. The number of nitrogens with zero attached hydrogens (tertiary/aromatic N) is 3. The van der Waals surface area contributed by atoms with Gasteiger partial charge in [0.2, 0.25) is 0 Å². The van der Waals surface area contributed by atoms with Crippen LogP contribution in [0.5, 0.6) is 0 Å². The zero-order valence-electron chi connectivity index (χ0n) is 12.3. The van der Waals surface area contributed by atoms with Crippen LogP contribution in [0.3, 0.4) is 0 Å². The van der Waals surface area contributed by atoms with Crippen LogP contribution in [0.15, 0.2) is 36.9 Å². The molecular formula is C15H18N4O2. The third-order valence-electron chi connectivity index (χ3n) is 3.09. The summed E-state index contributed by atoms with van der Waals surface area (Å²) in [5.41, 5.74) is 0.918. The first-order valence-corrected chi connectivity index (χ1v) is 6.64.